The molecule has 9 heteroatoms. The highest BCUT2D eigenvalue weighted by Gasteiger charge is 2.21. The van der Waals surface area contributed by atoms with E-state index >= 15 is 0 Å². The molecule has 4 rings (SSSR count). The molecule has 2 amide bonds. The van der Waals surface area contributed by atoms with E-state index in [2.05, 4.69) is 15.6 Å². The fourth-order valence-electron chi connectivity index (χ4n) is 3.03. The van der Waals surface area contributed by atoms with Crippen LogP contribution in [0.3, 0.4) is 0 Å². The van der Waals surface area contributed by atoms with Crippen LogP contribution in [-0.4, -0.2) is 37.5 Å². The molecule has 0 saturated carbocycles. The SMILES string of the molecule is CCOC(=O)c1cc2cc3c(cc2nc1NC(=O)Nc1ccccc1OC)OCO3. The molecular weight excluding hydrogens is 390 g/mol. The lowest BCUT2D eigenvalue weighted by molar-refractivity contribution is 0.0527. The molecule has 2 aromatic carbocycles. The van der Waals surface area contributed by atoms with Crippen molar-refractivity contribution in [2.45, 2.75) is 6.92 Å². The molecule has 0 atom stereocenters. The van der Waals surface area contributed by atoms with Crippen molar-refractivity contribution >= 4 is 34.4 Å². The van der Waals surface area contributed by atoms with Crippen molar-refractivity contribution in [1.82, 2.24) is 4.98 Å². The number of carbonyl (C=O) groups excluding carboxylic acids is 2. The second kappa shape index (κ2) is 8.16. The monoisotopic (exact) mass is 409 g/mol. The summed E-state index contributed by atoms with van der Waals surface area (Å²) in [6.45, 7) is 2.00. The molecule has 2 heterocycles. The van der Waals surface area contributed by atoms with Gasteiger partial charge in [-0.25, -0.2) is 14.6 Å². The van der Waals surface area contributed by atoms with Crippen LogP contribution in [0.25, 0.3) is 10.9 Å². The molecule has 0 radical (unpaired) electrons. The molecule has 0 spiro atoms. The molecule has 0 unspecified atom stereocenters. The number of para-hydroxylation sites is 2. The highest BCUT2D eigenvalue weighted by molar-refractivity contribution is 6.06. The van der Waals surface area contributed by atoms with E-state index in [4.69, 9.17) is 18.9 Å². The van der Waals surface area contributed by atoms with Gasteiger partial charge in [0.1, 0.15) is 17.1 Å². The normalized spacial score (nSPS) is 11.8. The third-order valence-electron chi connectivity index (χ3n) is 4.39. The third kappa shape index (κ3) is 3.77. The van der Waals surface area contributed by atoms with Crippen LogP contribution in [0.2, 0.25) is 0 Å². The number of benzene rings is 2. The van der Waals surface area contributed by atoms with Gasteiger partial charge in [-0.1, -0.05) is 12.1 Å². The number of ether oxygens (including phenoxy) is 4. The summed E-state index contributed by atoms with van der Waals surface area (Å²) in [5.41, 5.74) is 1.12. The van der Waals surface area contributed by atoms with E-state index in [1.807, 2.05) is 0 Å². The molecule has 30 heavy (non-hydrogen) atoms. The zero-order valence-electron chi connectivity index (χ0n) is 16.4. The second-order valence-corrected chi connectivity index (χ2v) is 6.28. The van der Waals surface area contributed by atoms with Crippen molar-refractivity contribution < 1.29 is 28.5 Å². The topological polar surface area (TPSA) is 108 Å². The number of urea groups is 1. The summed E-state index contributed by atoms with van der Waals surface area (Å²) in [5, 5.41) is 5.96. The van der Waals surface area contributed by atoms with Gasteiger partial charge in [0.15, 0.2) is 11.5 Å². The summed E-state index contributed by atoms with van der Waals surface area (Å²) >= 11 is 0. The maximum Gasteiger partial charge on any atom is 0.341 e. The maximum absolute atomic E-state index is 12.6. The third-order valence-corrected chi connectivity index (χ3v) is 4.39. The Morgan fingerprint density at radius 3 is 2.63 bits per heavy atom. The maximum atomic E-state index is 12.6. The van der Waals surface area contributed by atoms with E-state index < -0.39 is 12.0 Å². The molecule has 1 aliphatic rings. The van der Waals surface area contributed by atoms with Gasteiger partial charge in [-0.15, -0.1) is 0 Å². The Kier molecular flexibility index (Phi) is 5.25. The first-order valence-corrected chi connectivity index (χ1v) is 9.21. The summed E-state index contributed by atoms with van der Waals surface area (Å²) in [6.07, 6.45) is 0. The molecule has 3 aromatic rings. The number of fused-ring (bicyclic) bond motifs is 2. The van der Waals surface area contributed by atoms with Gasteiger partial charge in [0.2, 0.25) is 6.79 Å². The van der Waals surface area contributed by atoms with Gasteiger partial charge in [0.25, 0.3) is 0 Å². The number of pyridine rings is 1. The number of nitrogens with zero attached hydrogens (tertiary/aromatic N) is 1. The Hall–Kier alpha value is -4.01. The Morgan fingerprint density at radius 1 is 1.10 bits per heavy atom. The first-order chi connectivity index (χ1) is 14.6. The average molecular weight is 409 g/mol. The average Bonchev–Trinajstić information content (AvgIpc) is 3.19. The minimum Gasteiger partial charge on any atom is -0.495 e. The van der Waals surface area contributed by atoms with Gasteiger partial charge in [-0.2, -0.15) is 0 Å². The van der Waals surface area contributed by atoms with Crippen molar-refractivity contribution in [3.8, 4) is 17.2 Å². The van der Waals surface area contributed by atoms with Crippen LogP contribution in [0.4, 0.5) is 16.3 Å². The summed E-state index contributed by atoms with van der Waals surface area (Å²) in [7, 11) is 1.51. The number of amides is 2. The first kappa shape index (κ1) is 19.3. The van der Waals surface area contributed by atoms with Crippen LogP contribution in [0.1, 0.15) is 17.3 Å². The molecule has 0 saturated heterocycles. The van der Waals surface area contributed by atoms with E-state index in [-0.39, 0.29) is 24.8 Å². The van der Waals surface area contributed by atoms with Crippen LogP contribution in [-0.2, 0) is 4.74 Å². The van der Waals surface area contributed by atoms with E-state index in [9.17, 15) is 9.59 Å². The smallest absolute Gasteiger partial charge is 0.341 e. The number of aromatic nitrogens is 1. The van der Waals surface area contributed by atoms with Gasteiger partial charge < -0.3 is 24.3 Å². The Morgan fingerprint density at radius 2 is 1.87 bits per heavy atom. The van der Waals surface area contributed by atoms with Crippen LogP contribution < -0.4 is 24.8 Å². The zero-order valence-corrected chi connectivity index (χ0v) is 16.4. The summed E-state index contributed by atoms with van der Waals surface area (Å²) in [4.78, 5) is 29.5. The molecular formula is C21H19N3O6. The van der Waals surface area contributed by atoms with Crippen molar-refractivity contribution in [2.75, 3.05) is 31.1 Å². The summed E-state index contributed by atoms with van der Waals surface area (Å²) in [5.74, 6) is 1.07. The van der Waals surface area contributed by atoms with Crippen LogP contribution in [0.15, 0.2) is 42.5 Å². The Bertz CT molecular complexity index is 1130. The van der Waals surface area contributed by atoms with E-state index in [0.29, 0.717) is 33.8 Å². The summed E-state index contributed by atoms with van der Waals surface area (Å²) in [6, 6.07) is 11.4. The van der Waals surface area contributed by atoms with Crippen molar-refractivity contribution in [2.24, 2.45) is 0 Å². The number of esters is 1. The van der Waals surface area contributed by atoms with E-state index in [1.54, 1.807) is 49.4 Å². The molecule has 2 N–H and O–H groups in total. The van der Waals surface area contributed by atoms with Gasteiger partial charge in [0.05, 0.1) is 24.9 Å². The molecule has 0 aliphatic carbocycles. The van der Waals surface area contributed by atoms with Crippen LogP contribution in [0.5, 0.6) is 17.2 Å². The van der Waals surface area contributed by atoms with Crippen LogP contribution >= 0.6 is 0 Å². The largest absolute Gasteiger partial charge is 0.495 e. The minimum atomic E-state index is -0.600. The number of anilines is 2. The fraction of sp³-hybridized carbons (Fsp3) is 0.190. The second-order valence-electron chi connectivity index (χ2n) is 6.28. The minimum absolute atomic E-state index is 0.0622. The number of nitrogens with one attached hydrogen (secondary N) is 2. The van der Waals surface area contributed by atoms with E-state index in [1.165, 1.54) is 7.11 Å². The number of hydrogen-bond acceptors (Lipinski definition) is 7. The van der Waals surface area contributed by atoms with Crippen molar-refractivity contribution in [1.29, 1.82) is 0 Å². The molecule has 1 aliphatic heterocycles. The zero-order chi connectivity index (χ0) is 21.1. The predicted molar refractivity (Wildman–Crippen MR) is 109 cm³/mol. The summed E-state index contributed by atoms with van der Waals surface area (Å²) < 4.78 is 21.1. The van der Waals surface area contributed by atoms with Crippen molar-refractivity contribution in [3.05, 3.63) is 48.0 Å². The van der Waals surface area contributed by atoms with Gasteiger partial charge >= 0.3 is 12.0 Å². The van der Waals surface area contributed by atoms with Gasteiger partial charge in [-0.05, 0) is 31.2 Å². The Balaban J connectivity index is 1.68. The lowest BCUT2D eigenvalue weighted by Crippen LogP contribution is -2.22. The molecule has 154 valence electrons. The lowest BCUT2D eigenvalue weighted by atomic mass is 10.1. The number of hydrogen-bond donors (Lipinski definition) is 2. The van der Waals surface area contributed by atoms with Crippen molar-refractivity contribution in [3.63, 3.8) is 0 Å². The number of methoxy groups -OCH3 is 1. The lowest BCUT2D eigenvalue weighted by Gasteiger charge is -2.13. The predicted octanol–water partition coefficient (Wildman–Crippen LogP) is 3.79. The molecule has 1 aromatic heterocycles. The fourth-order valence-corrected chi connectivity index (χ4v) is 3.03. The Labute approximate surface area is 171 Å². The quantitative estimate of drug-likeness (QED) is 0.617. The van der Waals surface area contributed by atoms with Gasteiger partial charge in [-0.3, -0.25) is 5.32 Å². The number of carbonyl (C=O) groups is 2. The van der Waals surface area contributed by atoms with Gasteiger partial charge in [0, 0.05) is 11.5 Å². The molecule has 0 fully saturated rings. The molecule has 9 nitrogen and oxygen atoms in total. The first-order valence-electron chi connectivity index (χ1n) is 9.21. The highest BCUT2D eigenvalue weighted by Crippen LogP contribution is 2.36. The van der Waals surface area contributed by atoms with E-state index in [0.717, 1.165) is 0 Å². The standard InChI is InChI=1S/C21H19N3O6/c1-3-28-20(25)13-8-12-9-17-18(30-11-29-17)10-15(12)22-19(13)24-21(26)23-14-6-4-5-7-16(14)27-2/h4-10H,3,11H2,1-2H3,(H2,22,23,24,26). The van der Waals surface area contributed by atoms with Crippen LogP contribution in [0, 0.1) is 0 Å². The number of rotatable bonds is 5. The molecule has 0 bridgehead atoms. The highest BCUT2D eigenvalue weighted by atomic mass is 16.7.